The fourth-order valence-corrected chi connectivity index (χ4v) is 5.32. The number of fused-ring (bicyclic) bond motifs is 1. The molecule has 0 spiro atoms. The van der Waals surface area contributed by atoms with E-state index in [0.29, 0.717) is 25.6 Å². The molecule has 2 aromatic carbocycles. The molecular formula is C20H21ClN4O3S. The molecule has 29 heavy (non-hydrogen) atoms. The van der Waals surface area contributed by atoms with Gasteiger partial charge in [0.1, 0.15) is 0 Å². The SMILES string of the molecule is CCn1c(NC(=O)c2cc(S(=O)(=O)N3CCCC3)ccc2Cl)nc2ccccc21. The summed E-state index contributed by atoms with van der Waals surface area (Å²) in [6.45, 7) is 3.56. The highest BCUT2D eigenvalue weighted by Crippen LogP contribution is 2.26. The van der Waals surface area contributed by atoms with E-state index in [0.717, 1.165) is 23.9 Å². The van der Waals surface area contributed by atoms with Crippen molar-refractivity contribution < 1.29 is 13.2 Å². The van der Waals surface area contributed by atoms with Gasteiger partial charge in [0.25, 0.3) is 5.91 Å². The van der Waals surface area contributed by atoms with Crippen LogP contribution in [0.25, 0.3) is 11.0 Å². The molecule has 4 rings (SSSR count). The lowest BCUT2D eigenvalue weighted by Crippen LogP contribution is -2.28. The molecule has 7 nitrogen and oxygen atoms in total. The number of hydrogen-bond acceptors (Lipinski definition) is 4. The first-order chi connectivity index (χ1) is 13.9. The van der Waals surface area contributed by atoms with Crippen LogP contribution in [-0.4, -0.2) is 41.3 Å². The van der Waals surface area contributed by atoms with Crippen molar-refractivity contribution in [1.82, 2.24) is 13.9 Å². The number of nitrogens with zero attached hydrogens (tertiary/aromatic N) is 3. The van der Waals surface area contributed by atoms with E-state index in [-0.39, 0.29) is 15.5 Å². The number of rotatable bonds is 5. The van der Waals surface area contributed by atoms with Gasteiger partial charge in [-0.05, 0) is 50.1 Å². The summed E-state index contributed by atoms with van der Waals surface area (Å²) in [4.78, 5) is 17.5. The number of aromatic nitrogens is 2. The van der Waals surface area contributed by atoms with Crippen LogP contribution in [0.2, 0.25) is 5.02 Å². The largest absolute Gasteiger partial charge is 0.310 e. The lowest BCUT2D eigenvalue weighted by Gasteiger charge is -2.16. The smallest absolute Gasteiger partial charge is 0.259 e. The van der Waals surface area contributed by atoms with Crippen LogP contribution in [0.5, 0.6) is 0 Å². The zero-order chi connectivity index (χ0) is 20.6. The molecule has 1 aliphatic heterocycles. The molecule has 1 fully saturated rings. The van der Waals surface area contributed by atoms with E-state index in [4.69, 9.17) is 11.6 Å². The summed E-state index contributed by atoms with van der Waals surface area (Å²) in [6, 6.07) is 11.8. The maximum atomic E-state index is 12.9. The van der Waals surface area contributed by atoms with Crippen LogP contribution in [-0.2, 0) is 16.6 Å². The second-order valence-corrected chi connectivity index (χ2v) is 9.22. The maximum Gasteiger partial charge on any atom is 0.259 e. The normalized spacial score (nSPS) is 15.1. The summed E-state index contributed by atoms with van der Waals surface area (Å²) in [5.74, 6) is -0.110. The summed E-state index contributed by atoms with van der Waals surface area (Å²) < 4.78 is 29.0. The van der Waals surface area contributed by atoms with E-state index in [9.17, 15) is 13.2 Å². The van der Waals surface area contributed by atoms with Crippen molar-refractivity contribution in [2.45, 2.75) is 31.2 Å². The van der Waals surface area contributed by atoms with Crippen molar-refractivity contribution in [1.29, 1.82) is 0 Å². The minimum absolute atomic E-state index is 0.0675. The molecule has 0 atom stereocenters. The Balaban J connectivity index is 1.67. The first-order valence-corrected chi connectivity index (χ1v) is 11.3. The van der Waals surface area contributed by atoms with Gasteiger partial charge in [0.15, 0.2) is 0 Å². The first kappa shape index (κ1) is 19.9. The molecule has 0 aliphatic carbocycles. The Hall–Kier alpha value is -2.42. The van der Waals surface area contributed by atoms with Gasteiger partial charge in [-0.1, -0.05) is 23.7 Å². The summed E-state index contributed by atoms with van der Waals surface area (Å²) in [5.41, 5.74) is 1.77. The Bertz CT molecular complexity index is 1180. The number of nitrogens with one attached hydrogen (secondary N) is 1. The number of benzene rings is 2. The van der Waals surface area contributed by atoms with Crippen LogP contribution >= 0.6 is 11.6 Å². The molecule has 152 valence electrons. The summed E-state index contributed by atoms with van der Waals surface area (Å²) in [7, 11) is -3.64. The number of sulfonamides is 1. The molecule has 1 aliphatic rings. The molecule has 9 heteroatoms. The van der Waals surface area contributed by atoms with Crippen LogP contribution in [0.3, 0.4) is 0 Å². The number of para-hydroxylation sites is 2. The van der Waals surface area contributed by atoms with Gasteiger partial charge < -0.3 is 4.57 Å². The van der Waals surface area contributed by atoms with Crippen molar-refractivity contribution in [3.05, 3.63) is 53.1 Å². The predicted octanol–water partition coefficient (Wildman–Crippen LogP) is 3.75. The minimum atomic E-state index is -3.64. The van der Waals surface area contributed by atoms with Gasteiger partial charge in [-0.25, -0.2) is 13.4 Å². The van der Waals surface area contributed by atoms with Gasteiger partial charge in [-0.3, -0.25) is 10.1 Å². The first-order valence-electron chi connectivity index (χ1n) is 9.48. The van der Waals surface area contributed by atoms with Gasteiger partial charge in [0.2, 0.25) is 16.0 Å². The number of amides is 1. The van der Waals surface area contributed by atoms with Gasteiger partial charge in [-0.15, -0.1) is 0 Å². The molecule has 1 saturated heterocycles. The standard InChI is InChI=1S/C20H21ClN4O3S/c1-2-25-18-8-4-3-7-17(18)22-20(25)23-19(26)15-13-14(9-10-16(15)21)29(27,28)24-11-5-6-12-24/h3-4,7-10,13H,2,5-6,11-12H2,1H3,(H,22,23,26). The monoisotopic (exact) mass is 432 g/mol. The average Bonchev–Trinajstić information content (AvgIpc) is 3.36. The number of hydrogen-bond donors (Lipinski definition) is 1. The van der Waals surface area contributed by atoms with Crippen molar-refractivity contribution in [2.75, 3.05) is 18.4 Å². The van der Waals surface area contributed by atoms with E-state index in [1.807, 2.05) is 35.8 Å². The van der Waals surface area contributed by atoms with E-state index in [1.54, 1.807) is 0 Å². The second-order valence-electron chi connectivity index (χ2n) is 6.88. The fourth-order valence-electron chi connectivity index (χ4n) is 3.58. The molecule has 0 radical (unpaired) electrons. The highest BCUT2D eigenvalue weighted by atomic mass is 35.5. The molecule has 1 aromatic heterocycles. The highest BCUT2D eigenvalue weighted by molar-refractivity contribution is 7.89. The van der Waals surface area contributed by atoms with E-state index in [2.05, 4.69) is 10.3 Å². The zero-order valence-electron chi connectivity index (χ0n) is 15.9. The van der Waals surface area contributed by atoms with Crippen molar-refractivity contribution in [3.8, 4) is 0 Å². The maximum absolute atomic E-state index is 12.9. The number of carbonyl (C=O) groups excluding carboxylic acids is 1. The number of halogens is 1. The van der Waals surface area contributed by atoms with Gasteiger partial charge in [0.05, 0.1) is 26.5 Å². The van der Waals surface area contributed by atoms with E-state index < -0.39 is 15.9 Å². The Morgan fingerprint density at radius 2 is 1.90 bits per heavy atom. The number of anilines is 1. The molecule has 1 amide bonds. The zero-order valence-corrected chi connectivity index (χ0v) is 17.5. The van der Waals surface area contributed by atoms with Crippen molar-refractivity contribution in [3.63, 3.8) is 0 Å². The summed E-state index contributed by atoms with van der Waals surface area (Å²) in [6.07, 6.45) is 1.68. The van der Waals surface area contributed by atoms with Crippen LogP contribution < -0.4 is 5.32 Å². The summed E-state index contributed by atoms with van der Waals surface area (Å²) in [5, 5.41) is 2.96. The van der Waals surface area contributed by atoms with Crippen LogP contribution in [0.15, 0.2) is 47.4 Å². The van der Waals surface area contributed by atoms with Crippen LogP contribution in [0.1, 0.15) is 30.1 Å². The van der Waals surface area contributed by atoms with E-state index in [1.165, 1.54) is 22.5 Å². The minimum Gasteiger partial charge on any atom is -0.310 e. The molecule has 1 N–H and O–H groups in total. The third-order valence-electron chi connectivity index (χ3n) is 5.08. The third kappa shape index (κ3) is 3.63. The Labute approximate surface area is 174 Å². The van der Waals surface area contributed by atoms with Crippen LogP contribution in [0, 0.1) is 0 Å². The van der Waals surface area contributed by atoms with E-state index >= 15 is 0 Å². The Morgan fingerprint density at radius 3 is 2.62 bits per heavy atom. The Kier molecular flexibility index (Phi) is 5.33. The molecule has 2 heterocycles. The molecular weight excluding hydrogens is 412 g/mol. The molecule has 0 unspecified atom stereocenters. The second kappa shape index (κ2) is 7.78. The fraction of sp³-hybridized carbons (Fsp3) is 0.300. The van der Waals surface area contributed by atoms with Gasteiger partial charge in [0, 0.05) is 19.6 Å². The predicted molar refractivity (Wildman–Crippen MR) is 113 cm³/mol. The lowest BCUT2D eigenvalue weighted by molar-refractivity contribution is 0.102. The topological polar surface area (TPSA) is 84.3 Å². The molecule has 0 bridgehead atoms. The third-order valence-corrected chi connectivity index (χ3v) is 7.31. The number of carbonyl (C=O) groups is 1. The van der Waals surface area contributed by atoms with Crippen molar-refractivity contribution in [2.24, 2.45) is 0 Å². The lowest BCUT2D eigenvalue weighted by atomic mass is 10.2. The molecule has 0 saturated carbocycles. The quantitative estimate of drug-likeness (QED) is 0.665. The Morgan fingerprint density at radius 1 is 1.17 bits per heavy atom. The van der Waals surface area contributed by atoms with Crippen LogP contribution in [0.4, 0.5) is 5.95 Å². The highest BCUT2D eigenvalue weighted by Gasteiger charge is 2.28. The van der Waals surface area contributed by atoms with Gasteiger partial charge >= 0.3 is 0 Å². The average molecular weight is 433 g/mol. The number of aryl methyl sites for hydroxylation is 1. The molecule has 3 aromatic rings. The van der Waals surface area contributed by atoms with Crippen molar-refractivity contribution >= 4 is 44.5 Å². The summed E-state index contributed by atoms with van der Waals surface area (Å²) >= 11 is 6.22. The number of imidazole rings is 1. The van der Waals surface area contributed by atoms with Gasteiger partial charge in [-0.2, -0.15) is 4.31 Å².